The Morgan fingerprint density at radius 3 is 1.75 bits per heavy atom. The number of carboxylic acids is 1. The predicted octanol–water partition coefficient (Wildman–Crippen LogP) is 1.30. The first-order chi connectivity index (χ1) is 9.37. The third-order valence-corrected chi connectivity index (χ3v) is 1.42. The van der Waals surface area contributed by atoms with Crippen molar-refractivity contribution in [3.63, 3.8) is 0 Å². The van der Waals surface area contributed by atoms with Gasteiger partial charge in [-0.25, -0.2) is 9.59 Å². The molecule has 0 aromatic carbocycles. The van der Waals surface area contributed by atoms with Gasteiger partial charge in [0.1, 0.15) is 6.61 Å². The van der Waals surface area contributed by atoms with Gasteiger partial charge in [0.25, 0.3) is 0 Å². The summed E-state index contributed by atoms with van der Waals surface area (Å²) < 4.78 is 4.60. The molecule has 0 fully saturated rings. The van der Waals surface area contributed by atoms with Crippen LogP contribution in [0.1, 0.15) is 19.8 Å². The molecule has 0 aliphatic heterocycles. The fourth-order valence-corrected chi connectivity index (χ4v) is 0.481. The molecule has 0 heterocycles. The van der Waals surface area contributed by atoms with Gasteiger partial charge >= 0.3 is 11.9 Å². The summed E-state index contributed by atoms with van der Waals surface area (Å²) in [6.07, 6.45) is 3.79. The maximum atomic E-state index is 10.5. The number of carboxylic acid groups (broad SMARTS) is 1. The number of hydrogen-bond donors (Lipinski definition) is 3. The van der Waals surface area contributed by atoms with Crippen molar-refractivity contribution in [1.82, 2.24) is 0 Å². The molecule has 0 aliphatic rings. The van der Waals surface area contributed by atoms with E-state index in [4.69, 9.17) is 15.3 Å². The molecule has 0 amide bonds. The van der Waals surface area contributed by atoms with E-state index in [0.29, 0.717) is 5.57 Å². The van der Waals surface area contributed by atoms with E-state index < -0.39 is 5.97 Å². The SMILES string of the molecule is C=CC(=O)O.C=CCOC(=O)C(=C)C.OCCCCO. The summed E-state index contributed by atoms with van der Waals surface area (Å²) in [7, 11) is 0. The smallest absolute Gasteiger partial charge is 0.333 e. The van der Waals surface area contributed by atoms with Gasteiger partial charge in [-0.15, -0.1) is 0 Å². The summed E-state index contributed by atoms with van der Waals surface area (Å²) in [6, 6.07) is 0. The zero-order chi connectivity index (χ0) is 16.4. The van der Waals surface area contributed by atoms with Crippen LogP contribution in [0.4, 0.5) is 0 Å². The van der Waals surface area contributed by atoms with Crippen molar-refractivity contribution in [2.75, 3.05) is 19.8 Å². The van der Waals surface area contributed by atoms with E-state index in [9.17, 15) is 9.59 Å². The topological polar surface area (TPSA) is 104 Å². The van der Waals surface area contributed by atoms with E-state index in [1.54, 1.807) is 6.92 Å². The lowest BCUT2D eigenvalue weighted by molar-refractivity contribution is -0.137. The van der Waals surface area contributed by atoms with E-state index in [0.717, 1.165) is 18.9 Å². The van der Waals surface area contributed by atoms with Crippen LogP contribution >= 0.6 is 0 Å². The fraction of sp³-hybridized carbons (Fsp3) is 0.429. The molecule has 0 bridgehead atoms. The number of carbonyl (C=O) groups is 2. The van der Waals surface area contributed by atoms with E-state index in [2.05, 4.69) is 24.5 Å². The minimum atomic E-state index is -0.981. The zero-order valence-corrected chi connectivity index (χ0v) is 11.9. The van der Waals surface area contributed by atoms with Gasteiger partial charge in [-0.3, -0.25) is 0 Å². The van der Waals surface area contributed by atoms with Crippen LogP contribution in [0.25, 0.3) is 0 Å². The summed E-state index contributed by atoms with van der Waals surface area (Å²) in [6.45, 7) is 12.0. The summed E-state index contributed by atoms with van der Waals surface area (Å²) >= 11 is 0. The largest absolute Gasteiger partial charge is 0.478 e. The molecule has 0 aromatic heterocycles. The van der Waals surface area contributed by atoms with E-state index in [-0.39, 0.29) is 25.8 Å². The van der Waals surface area contributed by atoms with Gasteiger partial charge in [-0.2, -0.15) is 0 Å². The van der Waals surface area contributed by atoms with Gasteiger partial charge in [0.05, 0.1) is 0 Å². The Kier molecular flexibility index (Phi) is 22.5. The van der Waals surface area contributed by atoms with Crippen LogP contribution in [0.15, 0.2) is 37.5 Å². The molecular formula is C14H24O6. The Balaban J connectivity index is -0.000000230. The maximum Gasteiger partial charge on any atom is 0.333 e. The number of unbranched alkanes of at least 4 members (excludes halogenated alkanes) is 1. The van der Waals surface area contributed by atoms with Gasteiger partial charge in [0.15, 0.2) is 0 Å². The minimum absolute atomic E-state index is 0.195. The molecule has 0 rings (SSSR count). The van der Waals surface area contributed by atoms with Gasteiger partial charge in [-0.05, 0) is 19.8 Å². The fourth-order valence-electron chi connectivity index (χ4n) is 0.481. The van der Waals surface area contributed by atoms with Crippen molar-refractivity contribution < 1.29 is 29.6 Å². The van der Waals surface area contributed by atoms with Crippen molar-refractivity contribution in [1.29, 1.82) is 0 Å². The summed E-state index contributed by atoms with van der Waals surface area (Å²) in [5, 5.41) is 23.8. The highest BCUT2D eigenvalue weighted by Gasteiger charge is 1.98. The number of aliphatic carboxylic acids is 1. The van der Waals surface area contributed by atoms with Crippen molar-refractivity contribution >= 4 is 11.9 Å². The number of esters is 1. The van der Waals surface area contributed by atoms with E-state index in [1.807, 2.05) is 0 Å². The lowest BCUT2D eigenvalue weighted by Gasteiger charge is -1.97. The molecule has 116 valence electrons. The molecule has 0 radical (unpaired) electrons. The molecule has 6 nitrogen and oxygen atoms in total. The molecule has 0 aliphatic carbocycles. The van der Waals surface area contributed by atoms with Crippen LogP contribution in [0.3, 0.4) is 0 Å². The van der Waals surface area contributed by atoms with Crippen LogP contribution in [-0.4, -0.2) is 47.1 Å². The van der Waals surface area contributed by atoms with Crippen LogP contribution in [0, 0.1) is 0 Å². The first-order valence-corrected chi connectivity index (χ1v) is 5.87. The standard InChI is InChI=1S/C7H10O2.C4H10O2.C3H4O2/c1-4-5-9-7(8)6(2)3;5-3-1-2-4-6;1-2-3(4)5/h4H,1-2,5H2,3H3;5-6H,1-4H2;2H,1H2,(H,4,5). The monoisotopic (exact) mass is 288 g/mol. The Hall–Kier alpha value is -1.92. The lowest BCUT2D eigenvalue weighted by Crippen LogP contribution is -2.03. The Bertz CT molecular complexity index is 292. The molecular weight excluding hydrogens is 264 g/mol. The Morgan fingerprint density at radius 1 is 1.15 bits per heavy atom. The van der Waals surface area contributed by atoms with Crippen LogP contribution in [0.2, 0.25) is 0 Å². The summed E-state index contributed by atoms with van der Waals surface area (Å²) in [4.78, 5) is 19.8. The number of hydrogen-bond acceptors (Lipinski definition) is 5. The highest BCUT2D eigenvalue weighted by molar-refractivity contribution is 5.86. The van der Waals surface area contributed by atoms with Crippen molar-refractivity contribution in [2.24, 2.45) is 0 Å². The quantitative estimate of drug-likeness (QED) is 0.282. The maximum absolute atomic E-state index is 10.5. The van der Waals surface area contributed by atoms with Crippen molar-refractivity contribution in [2.45, 2.75) is 19.8 Å². The summed E-state index contributed by atoms with van der Waals surface area (Å²) in [5.74, 6) is -1.35. The third-order valence-electron chi connectivity index (χ3n) is 1.42. The second kappa shape index (κ2) is 19.4. The molecule has 0 unspecified atom stereocenters. The molecule has 0 aromatic rings. The Morgan fingerprint density at radius 2 is 1.55 bits per heavy atom. The molecule has 0 saturated carbocycles. The predicted molar refractivity (Wildman–Crippen MR) is 77.2 cm³/mol. The molecule has 0 spiro atoms. The van der Waals surface area contributed by atoms with Gasteiger partial charge in [0, 0.05) is 24.9 Å². The number of aliphatic hydroxyl groups excluding tert-OH is 2. The highest BCUT2D eigenvalue weighted by Crippen LogP contribution is 1.90. The zero-order valence-electron chi connectivity index (χ0n) is 11.9. The first-order valence-electron chi connectivity index (χ1n) is 5.87. The van der Waals surface area contributed by atoms with Gasteiger partial charge in [0.2, 0.25) is 0 Å². The van der Waals surface area contributed by atoms with Gasteiger partial charge < -0.3 is 20.1 Å². The lowest BCUT2D eigenvalue weighted by atomic mass is 10.3. The Labute approximate surface area is 119 Å². The van der Waals surface area contributed by atoms with Crippen LogP contribution < -0.4 is 0 Å². The number of rotatable bonds is 7. The number of carbonyl (C=O) groups excluding carboxylic acids is 1. The molecule has 0 saturated heterocycles. The van der Waals surface area contributed by atoms with E-state index in [1.165, 1.54) is 6.08 Å². The van der Waals surface area contributed by atoms with Crippen molar-refractivity contribution in [3.05, 3.63) is 37.5 Å². The first kappa shape index (κ1) is 23.2. The van der Waals surface area contributed by atoms with Gasteiger partial charge in [-0.1, -0.05) is 25.8 Å². The molecule has 0 atom stereocenters. The van der Waals surface area contributed by atoms with Crippen LogP contribution in [-0.2, 0) is 14.3 Å². The average molecular weight is 288 g/mol. The average Bonchev–Trinajstić information content (AvgIpc) is 2.43. The summed E-state index contributed by atoms with van der Waals surface area (Å²) in [5.41, 5.74) is 0.414. The van der Waals surface area contributed by atoms with Crippen LogP contribution in [0.5, 0.6) is 0 Å². The van der Waals surface area contributed by atoms with Crippen molar-refractivity contribution in [3.8, 4) is 0 Å². The van der Waals surface area contributed by atoms with E-state index >= 15 is 0 Å². The normalized spacial score (nSPS) is 7.95. The second-order valence-electron chi connectivity index (χ2n) is 3.36. The highest BCUT2D eigenvalue weighted by atomic mass is 16.5. The third kappa shape index (κ3) is 29.8. The number of aliphatic hydroxyl groups is 2. The second-order valence-corrected chi connectivity index (χ2v) is 3.36. The minimum Gasteiger partial charge on any atom is -0.478 e. The molecule has 6 heteroatoms. The molecule has 3 N–H and O–H groups in total. The number of ether oxygens (including phenoxy) is 1. The molecule has 20 heavy (non-hydrogen) atoms.